The van der Waals surface area contributed by atoms with Crippen LogP contribution in [0.5, 0.6) is 0 Å². The van der Waals surface area contributed by atoms with Crippen LogP contribution in [-0.2, 0) is 10.0 Å². The quantitative estimate of drug-likeness (QED) is 0.737. The Morgan fingerprint density at radius 1 is 1.30 bits per heavy atom. The Bertz CT molecular complexity index is 653. The van der Waals surface area contributed by atoms with Gasteiger partial charge >= 0.3 is 0 Å². The predicted octanol–water partition coefficient (Wildman–Crippen LogP) is 2.77. The number of aryl methyl sites for hydroxylation is 1. The molecule has 5 nitrogen and oxygen atoms in total. The zero-order chi connectivity index (χ0) is 16.9. The van der Waals surface area contributed by atoms with E-state index in [1.54, 1.807) is 25.1 Å². The zero-order valence-corrected chi connectivity index (χ0v) is 15.2. The number of anilines is 1. The molecule has 2 N–H and O–H groups in total. The lowest BCUT2D eigenvalue weighted by Gasteiger charge is -2.11. The summed E-state index contributed by atoms with van der Waals surface area (Å²) in [7, 11) is -3.31. The summed E-state index contributed by atoms with van der Waals surface area (Å²) in [4.78, 5) is 12.1. The third kappa shape index (κ3) is 6.06. The highest BCUT2D eigenvalue weighted by Gasteiger charge is 2.15. The van der Waals surface area contributed by atoms with Gasteiger partial charge in [0.25, 0.3) is 5.91 Å². The van der Waals surface area contributed by atoms with E-state index in [1.165, 1.54) is 25.7 Å². The molecule has 0 bridgehead atoms. The molecule has 7 heteroatoms. The Hall–Kier alpha value is -1.21. The molecule has 0 unspecified atom stereocenters. The fourth-order valence-corrected chi connectivity index (χ4v) is 4.51. The van der Waals surface area contributed by atoms with E-state index in [0.29, 0.717) is 17.8 Å². The Balaban J connectivity index is 1.83. The maximum absolute atomic E-state index is 12.1. The van der Waals surface area contributed by atoms with Gasteiger partial charge in [0.15, 0.2) is 0 Å². The molecule has 2 rings (SSSR count). The minimum absolute atomic E-state index is 0.119. The number of carbonyl (C=O) groups excluding carboxylic acids is 1. The van der Waals surface area contributed by atoms with Crippen LogP contribution in [0.15, 0.2) is 18.2 Å². The third-order valence-electron chi connectivity index (χ3n) is 3.83. The van der Waals surface area contributed by atoms with Gasteiger partial charge < -0.3 is 5.32 Å². The van der Waals surface area contributed by atoms with E-state index < -0.39 is 10.0 Å². The minimum Gasteiger partial charge on any atom is -0.351 e. The molecule has 0 aromatic heterocycles. The maximum Gasteiger partial charge on any atom is 0.251 e. The van der Waals surface area contributed by atoms with Gasteiger partial charge in [-0.3, -0.25) is 9.52 Å². The first-order valence-corrected chi connectivity index (χ1v) is 10.8. The Morgan fingerprint density at radius 3 is 2.61 bits per heavy atom. The molecule has 0 heterocycles. The summed E-state index contributed by atoms with van der Waals surface area (Å²) in [6.45, 7) is 2.43. The highest BCUT2D eigenvalue weighted by molar-refractivity contribution is 7.99. The van der Waals surface area contributed by atoms with E-state index in [4.69, 9.17) is 0 Å². The van der Waals surface area contributed by atoms with Gasteiger partial charge in [-0.05, 0) is 43.5 Å². The number of hydrogen-bond donors (Lipinski definition) is 2. The van der Waals surface area contributed by atoms with Gasteiger partial charge in [-0.2, -0.15) is 11.8 Å². The highest BCUT2D eigenvalue weighted by Crippen LogP contribution is 2.28. The van der Waals surface area contributed by atoms with Crippen molar-refractivity contribution in [1.29, 1.82) is 0 Å². The van der Waals surface area contributed by atoms with Crippen molar-refractivity contribution in [3.63, 3.8) is 0 Å². The van der Waals surface area contributed by atoms with Crippen LogP contribution in [0.1, 0.15) is 41.6 Å². The Kier molecular flexibility index (Phi) is 6.35. The zero-order valence-electron chi connectivity index (χ0n) is 13.6. The molecular weight excluding hydrogens is 332 g/mol. The maximum atomic E-state index is 12.1. The van der Waals surface area contributed by atoms with Crippen molar-refractivity contribution in [2.45, 2.75) is 37.9 Å². The van der Waals surface area contributed by atoms with Gasteiger partial charge in [-0.15, -0.1) is 0 Å². The van der Waals surface area contributed by atoms with E-state index in [-0.39, 0.29) is 5.91 Å². The topological polar surface area (TPSA) is 75.3 Å². The second kappa shape index (κ2) is 8.06. The fourth-order valence-electron chi connectivity index (χ4n) is 2.67. The standard InChI is InChI=1S/C16H24N2O3S2/c1-12-11-13(7-8-15(12)18-23(2,20)21)16(19)17-9-10-22-14-5-3-4-6-14/h7-8,11,14,18H,3-6,9-10H2,1-2H3,(H,17,19). The number of sulfonamides is 1. The van der Waals surface area contributed by atoms with Crippen molar-refractivity contribution in [1.82, 2.24) is 5.32 Å². The van der Waals surface area contributed by atoms with Gasteiger partial charge in [0.1, 0.15) is 0 Å². The number of benzene rings is 1. The van der Waals surface area contributed by atoms with Crippen LogP contribution in [-0.4, -0.2) is 38.1 Å². The summed E-state index contributed by atoms with van der Waals surface area (Å²) in [5.74, 6) is 0.814. The predicted molar refractivity (Wildman–Crippen MR) is 96.7 cm³/mol. The number of carbonyl (C=O) groups is 1. The largest absolute Gasteiger partial charge is 0.351 e. The molecule has 1 aliphatic rings. The normalized spacial score (nSPS) is 15.6. The molecule has 0 atom stereocenters. The molecule has 1 aromatic rings. The second-order valence-corrected chi connectivity index (χ2v) is 9.09. The summed E-state index contributed by atoms with van der Waals surface area (Å²) in [6.07, 6.45) is 6.36. The summed E-state index contributed by atoms with van der Waals surface area (Å²) in [6, 6.07) is 4.96. The molecule has 0 saturated heterocycles. The van der Waals surface area contributed by atoms with E-state index in [2.05, 4.69) is 10.0 Å². The lowest BCUT2D eigenvalue weighted by molar-refractivity contribution is 0.0956. The first kappa shape index (κ1) is 18.1. The van der Waals surface area contributed by atoms with E-state index in [0.717, 1.165) is 22.8 Å². The molecule has 1 amide bonds. The number of nitrogens with one attached hydrogen (secondary N) is 2. The lowest BCUT2D eigenvalue weighted by atomic mass is 10.1. The van der Waals surface area contributed by atoms with Crippen LogP contribution < -0.4 is 10.0 Å². The van der Waals surface area contributed by atoms with Crippen LogP contribution in [0.2, 0.25) is 0 Å². The molecule has 128 valence electrons. The van der Waals surface area contributed by atoms with Gasteiger partial charge in [-0.1, -0.05) is 12.8 Å². The van der Waals surface area contributed by atoms with Crippen LogP contribution in [0.3, 0.4) is 0 Å². The minimum atomic E-state index is -3.31. The Labute approximate surface area is 142 Å². The van der Waals surface area contributed by atoms with Gasteiger partial charge in [0, 0.05) is 23.1 Å². The highest BCUT2D eigenvalue weighted by atomic mass is 32.2. The summed E-state index contributed by atoms with van der Waals surface area (Å²) >= 11 is 1.94. The molecular formula is C16H24N2O3S2. The van der Waals surface area contributed by atoms with Crippen LogP contribution in [0.4, 0.5) is 5.69 Å². The average molecular weight is 357 g/mol. The summed E-state index contributed by atoms with van der Waals surface area (Å²) < 4.78 is 25.0. The second-order valence-electron chi connectivity index (χ2n) is 5.94. The van der Waals surface area contributed by atoms with Crippen molar-refractivity contribution in [2.24, 2.45) is 0 Å². The molecule has 0 radical (unpaired) electrons. The smallest absolute Gasteiger partial charge is 0.251 e. The summed E-state index contributed by atoms with van der Waals surface area (Å²) in [5.41, 5.74) is 1.77. The van der Waals surface area contributed by atoms with Crippen LogP contribution >= 0.6 is 11.8 Å². The fraction of sp³-hybridized carbons (Fsp3) is 0.562. The first-order valence-electron chi connectivity index (χ1n) is 7.83. The molecule has 1 fully saturated rings. The molecule has 23 heavy (non-hydrogen) atoms. The molecule has 1 aromatic carbocycles. The van der Waals surface area contributed by atoms with Crippen LogP contribution in [0.25, 0.3) is 0 Å². The monoisotopic (exact) mass is 356 g/mol. The number of amides is 1. The number of hydrogen-bond acceptors (Lipinski definition) is 4. The van der Waals surface area contributed by atoms with Gasteiger partial charge in [0.05, 0.1) is 11.9 Å². The van der Waals surface area contributed by atoms with Crippen molar-refractivity contribution in [3.05, 3.63) is 29.3 Å². The molecule has 1 saturated carbocycles. The van der Waals surface area contributed by atoms with Crippen LogP contribution in [0, 0.1) is 6.92 Å². The molecule has 0 aliphatic heterocycles. The van der Waals surface area contributed by atoms with Gasteiger partial charge in [-0.25, -0.2) is 8.42 Å². The van der Waals surface area contributed by atoms with Crippen molar-refractivity contribution >= 4 is 33.4 Å². The van der Waals surface area contributed by atoms with Gasteiger partial charge in [0.2, 0.25) is 10.0 Å². The van der Waals surface area contributed by atoms with E-state index >= 15 is 0 Å². The number of rotatable bonds is 7. The SMILES string of the molecule is Cc1cc(C(=O)NCCSC2CCCC2)ccc1NS(C)(=O)=O. The van der Waals surface area contributed by atoms with E-state index in [9.17, 15) is 13.2 Å². The average Bonchev–Trinajstić information content (AvgIpc) is 2.97. The first-order chi connectivity index (χ1) is 10.8. The third-order valence-corrected chi connectivity index (χ3v) is 5.80. The lowest BCUT2D eigenvalue weighted by Crippen LogP contribution is -2.26. The van der Waals surface area contributed by atoms with Crippen molar-refractivity contribution < 1.29 is 13.2 Å². The summed E-state index contributed by atoms with van der Waals surface area (Å²) in [5, 5.41) is 3.68. The molecule has 1 aliphatic carbocycles. The van der Waals surface area contributed by atoms with Crippen molar-refractivity contribution in [3.8, 4) is 0 Å². The van der Waals surface area contributed by atoms with E-state index in [1.807, 2.05) is 11.8 Å². The van der Waals surface area contributed by atoms with Crippen molar-refractivity contribution in [2.75, 3.05) is 23.3 Å². The number of thioether (sulfide) groups is 1. The molecule has 0 spiro atoms. The Morgan fingerprint density at radius 2 is 2.00 bits per heavy atom.